The molecule has 0 bridgehead atoms. The topological polar surface area (TPSA) is 68.2 Å². The first-order chi connectivity index (χ1) is 8.53. The van der Waals surface area contributed by atoms with Crippen molar-refractivity contribution in [3.8, 4) is 0 Å². The Labute approximate surface area is 111 Å². The van der Waals surface area contributed by atoms with E-state index in [1.807, 2.05) is 24.3 Å². The number of hydrogen-bond donors (Lipinski definition) is 1. The number of benzene rings is 1. The van der Waals surface area contributed by atoms with Crippen molar-refractivity contribution in [2.24, 2.45) is 0 Å². The summed E-state index contributed by atoms with van der Waals surface area (Å²) in [6.45, 7) is 2.29. The summed E-state index contributed by atoms with van der Waals surface area (Å²) in [5.41, 5.74) is 0.00120. The number of aromatic nitrogens is 1. The summed E-state index contributed by atoms with van der Waals surface area (Å²) in [4.78, 5) is 12.0. The molecule has 2 aromatic rings. The molecule has 0 aliphatic rings. The third-order valence-electron chi connectivity index (χ3n) is 2.57. The molecule has 0 amide bonds. The summed E-state index contributed by atoms with van der Waals surface area (Å²) in [5.74, 6) is 0.0618. The van der Waals surface area contributed by atoms with Crippen LogP contribution in [0, 0.1) is 0 Å². The number of hydrogen-bond acceptors (Lipinski definition) is 3. The molecule has 2 rings (SSSR count). The van der Waals surface area contributed by atoms with E-state index in [0.717, 1.165) is 9.65 Å². The predicted octanol–water partition coefficient (Wildman–Crippen LogP) is -0.00220. The van der Waals surface area contributed by atoms with Crippen molar-refractivity contribution in [2.45, 2.75) is 13.5 Å². The van der Waals surface area contributed by atoms with Crippen LogP contribution >= 0.6 is 0 Å². The van der Waals surface area contributed by atoms with Gasteiger partial charge in [0.05, 0.1) is 0 Å². The second-order valence-electron chi connectivity index (χ2n) is 3.79. The van der Waals surface area contributed by atoms with Crippen molar-refractivity contribution in [3.05, 3.63) is 34.6 Å². The van der Waals surface area contributed by atoms with Gasteiger partial charge >= 0.3 is 111 Å². The molecule has 1 aromatic heterocycles. The number of fused-ring (bicyclic) bond motifs is 1. The molecule has 5 nitrogen and oxygen atoms in total. The van der Waals surface area contributed by atoms with Crippen LogP contribution in [0.4, 0.5) is 0 Å². The van der Waals surface area contributed by atoms with Gasteiger partial charge in [-0.05, 0) is 0 Å². The zero-order valence-corrected chi connectivity index (χ0v) is 12.4. The van der Waals surface area contributed by atoms with E-state index < -0.39 is 10.0 Å². The van der Waals surface area contributed by atoms with Crippen LogP contribution in [-0.2, 0) is 16.6 Å². The molecule has 98 valence electrons. The Morgan fingerprint density at radius 3 is 2.72 bits per heavy atom. The quantitative estimate of drug-likeness (QED) is 0.783. The third kappa shape index (κ3) is 2.92. The first kappa shape index (κ1) is 13.5. The van der Waals surface area contributed by atoms with Crippen LogP contribution in [-0.4, -0.2) is 39.0 Å². The standard InChI is InChI=1S/C11H14N2O3SSe/c1-2-17(15,16)12-7-8-13-11(14)9-5-3-4-6-10(9)18-13/h3-6,12H,2,7-8H2,1H3. The molecule has 0 fully saturated rings. The van der Waals surface area contributed by atoms with Crippen LogP contribution in [0.2, 0.25) is 0 Å². The molecule has 0 saturated heterocycles. The van der Waals surface area contributed by atoms with Crippen LogP contribution in [0.1, 0.15) is 6.92 Å². The molecule has 1 N–H and O–H groups in total. The van der Waals surface area contributed by atoms with E-state index in [1.165, 1.54) is 0 Å². The van der Waals surface area contributed by atoms with Crippen LogP contribution < -0.4 is 10.3 Å². The molecular weight excluding hydrogens is 319 g/mol. The van der Waals surface area contributed by atoms with E-state index in [9.17, 15) is 13.2 Å². The van der Waals surface area contributed by atoms with Crippen molar-refractivity contribution in [3.63, 3.8) is 0 Å². The van der Waals surface area contributed by atoms with Gasteiger partial charge in [0.2, 0.25) is 0 Å². The monoisotopic (exact) mass is 334 g/mol. The van der Waals surface area contributed by atoms with Gasteiger partial charge in [0.15, 0.2) is 0 Å². The molecule has 1 aromatic carbocycles. The van der Waals surface area contributed by atoms with E-state index in [0.29, 0.717) is 6.54 Å². The number of nitrogens with zero attached hydrogens (tertiary/aromatic N) is 1. The second-order valence-corrected chi connectivity index (χ2v) is 8.12. The van der Waals surface area contributed by atoms with Gasteiger partial charge in [-0.1, -0.05) is 0 Å². The van der Waals surface area contributed by atoms with Gasteiger partial charge in [0.1, 0.15) is 0 Å². The van der Waals surface area contributed by atoms with Crippen molar-refractivity contribution in [1.82, 2.24) is 8.28 Å². The van der Waals surface area contributed by atoms with Gasteiger partial charge in [0, 0.05) is 0 Å². The SMILES string of the molecule is CCS(=O)(=O)NCCn1[se]c2ccccc2c1=O. The van der Waals surface area contributed by atoms with Crippen molar-refractivity contribution >= 4 is 34.4 Å². The summed E-state index contributed by atoms with van der Waals surface area (Å²) in [6, 6.07) is 7.52. The second kappa shape index (κ2) is 5.40. The molecule has 0 atom stereocenters. The van der Waals surface area contributed by atoms with Crippen LogP contribution in [0.25, 0.3) is 9.65 Å². The molecule has 1 heterocycles. The summed E-state index contributed by atoms with van der Waals surface area (Å²) in [5, 5.41) is 0.746. The van der Waals surface area contributed by atoms with E-state index >= 15 is 0 Å². The fraction of sp³-hybridized carbons (Fsp3) is 0.364. The number of nitrogens with one attached hydrogen (secondary N) is 1. The van der Waals surface area contributed by atoms with Gasteiger partial charge in [-0.15, -0.1) is 0 Å². The molecule has 0 unspecified atom stereocenters. The average molecular weight is 333 g/mol. The Kier molecular flexibility index (Phi) is 4.07. The fourth-order valence-corrected chi connectivity index (χ4v) is 4.26. The van der Waals surface area contributed by atoms with E-state index in [-0.39, 0.29) is 32.6 Å². The van der Waals surface area contributed by atoms with Crippen molar-refractivity contribution in [1.29, 1.82) is 0 Å². The van der Waals surface area contributed by atoms with Gasteiger partial charge in [0.25, 0.3) is 0 Å². The summed E-state index contributed by atoms with van der Waals surface area (Å²) >= 11 is -0.0364. The molecule has 0 aliphatic heterocycles. The minimum absolute atomic E-state index is 0.00120. The summed E-state index contributed by atoms with van der Waals surface area (Å²) in [7, 11) is -3.18. The molecule has 0 radical (unpaired) electrons. The summed E-state index contributed by atoms with van der Waals surface area (Å²) < 4.78 is 27.8. The third-order valence-corrected chi connectivity index (χ3v) is 6.33. The molecule has 0 aliphatic carbocycles. The fourth-order valence-electron chi connectivity index (χ4n) is 1.57. The van der Waals surface area contributed by atoms with Gasteiger partial charge in [-0.3, -0.25) is 0 Å². The maximum absolute atomic E-state index is 12.0. The normalized spacial score (nSPS) is 12.1. The minimum atomic E-state index is -3.18. The predicted molar refractivity (Wildman–Crippen MR) is 72.6 cm³/mol. The first-order valence-corrected chi connectivity index (χ1v) is 8.87. The average Bonchev–Trinajstić information content (AvgIpc) is 2.67. The van der Waals surface area contributed by atoms with Crippen molar-refractivity contribution < 1.29 is 8.42 Å². The maximum atomic E-state index is 12.0. The first-order valence-electron chi connectivity index (χ1n) is 5.59. The van der Waals surface area contributed by atoms with E-state index in [2.05, 4.69) is 4.72 Å². The van der Waals surface area contributed by atoms with Crippen molar-refractivity contribution in [2.75, 3.05) is 12.3 Å². The Bertz CT molecular complexity index is 702. The number of rotatable bonds is 5. The Balaban J connectivity index is 2.14. The molecule has 7 heteroatoms. The summed E-state index contributed by atoms with van der Waals surface area (Å²) in [6.07, 6.45) is 0. The van der Waals surface area contributed by atoms with Crippen LogP contribution in [0.3, 0.4) is 0 Å². The molecular formula is C11H14N2O3SSe. The van der Waals surface area contributed by atoms with Gasteiger partial charge < -0.3 is 0 Å². The van der Waals surface area contributed by atoms with Gasteiger partial charge in [-0.2, -0.15) is 0 Å². The Morgan fingerprint density at radius 1 is 1.33 bits per heavy atom. The molecule has 18 heavy (non-hydrogen) atoms. The zero-order chi connectivity index (χ0) is 13.2. The van der Waals surface area contributed by atoms with Crippen LogP contribution in [0.5, 0.6) is 0 Å². The Hall–Kier alpha value is -0.881. The van der Waals surface area contributed by atoms with Gasteiger partial charge in [-0.25, -0.2) is 0 Å². The van der Waals surface area contributed by atoms with E-state index in [4.69, 9.17) is 0 Å². The molecule has 0 spiro atoms. The Morgan fingerprint density at radius 2 is 2.06 bits per heavy atom. The molecule has 0 saturated carbocycles. The zero-order valence-electron chi connectivity index (χ0n) is 9.92. The van der Waals surface area contributed by atoms with Crippen LogP contribution in [0.15, 0.2) is 29.1 Å². The number of sulfonamides is 1. The van der Waals surface area contributed by atoms with E-state index in [1.54, 1.807) is 10.5 Å².